The molecule has 0 amide bonds. The maximum Gasteiger partial charge on any atom is 0.125 e. The van der Waals surface area contributed by atoms with Crippen molar-refractivity contribution in [2.24, 2.45) is 0 Å². The third kappa shape index (κ3) is 1.54. The zero-order chi connectivity index (χ0) is 9.42. The summed E-state index contributed by atoms with van der Waals surface area (Å²) in [5, 5.41) is 0. The lowest BCUT2D eigenvalue weighted by Crippen LogP contribution is -1.93. The van der Waals surface area contributed by atoms with Crippen molar-refractivity contribution in [3.8, 4) is 5.75 Å². The molecule has 13 heavy (non-hydrogen) atoms. The smallest absolute Gasteiger partial charge is 0.125 e. The summed E-state index contributed by atoms with van der Waals surface area (Å²) in [7, 11) is 1.70. The molecule has 2 heteroatoms. The molecule has 1 atom stereocenters. The average molecular weight is 178 g/mol. The van der Waals surface area contributed by atoms with Gasteiger partial charge in [0.1, 0.15) is 11.9 Å². The Morgan fingerprint density at radius 2 is 1.92 bits per heavy atom. The van der Waals surface area contributed by atoms with Gasteiger partial charge in [0.25, 0.3) is 0 Å². The second-order valence-corrected chi connectivity index (χ2v) is 3.50. The van der Waals surface area contributed by atoms with E-state index in [0.717, 1.165) is 12.4 Å². The van der Waals surface area contributed by atoms with Crippen molar-refractivity contribution < 1.29 is 9.47 Å². The number of hydrogen-bond acceptors (Lipinski definition) is 2. The summed E-state index contributed by atoms with van der Waals surface area (Å²) < 4.78 is 10.6. The highest BCUT2D eigenvalue weighted by Crippen LogP contribution is 2.37. The van der Waals surface area contributed by atoms with Crippen LogP contribution >= 0.6 is 0 Å². The van der Waals surface area contributed by atoms with Crippen molar-refractivity contribution >= 4 is 0 Å². The van der Waals surface area contributed by atoms with E-state index in [4.69, 9.17) is 9.47 Å². The van der Waals surface area contributed by atoms with Crippen LogP contribution in [-0.4, -0.2) is 13.7 Å². The molecular formula is C11H14O2. The van der Waals surface area contributed by atoms with Gasteiger partial charge in [-0.3, -0.25) is 0 Å². The van der Waals surface area contributed by atoms with E-state index in [2.05, 4.69) is 26.0 Å². The Morgan fingerprint density at radius 1 is 1.31 bits per heavy atom. The lowest BCUT2D eigenvalue weighted by atomic mass is 10.0. The normalized spacial score (nSPS) is 20.1. The van der Waals surface area contributed by atoms with Crippen LogP contribution in [0.1, 0.15) is 22.8 Å². The molecule has 0 radical (unpaired) electrons. The van der Waals surface area contributed by atoms with Gasteiger partial charge in [0.2, 0.25) is 0 Å². The summed E-state index contributed by atoms with van der Waals surface area (Å²) in [6.07, 6.45) is 0.272. The van der Waals surface area contributed by atoms with Gasteiger partial charge in [-0.1, -0.05) is 0 Å². The molecular weight excluding hydrogens is 164 g/mol. The molecule has 1 aliphatic heterocycles. The van der Waals surface area contributed by atoms with Crippen molar-refractivity contribution in [3.63, 3.8) is 0 Å². The van der Waals surface area contributed by atoms with E-state index in [0.29, 0.717) is 0 Å². The Bertz CT molecular complexity index is 327. The van der Waals surface area contributed by atoms with Crippen molar-refractivity contribution in [2.45, 2.75) is 20.0 Å². The highest BCUT2D eigenvalue weighted by atomic mass is 16.6. The minimum atomic E-state index is 0.272. The van der Waals surface area contributed by atoms with E-state index < -0.39 is 0 Å². The molecule has 2 rings (SSSR count). The number of ether oxygens (including phenoxy) is 2. The van der Waals surface area contributed by atoms with E-state index in [-0.39, 0.29) is 6.10 Å². The predicted molar refractivity (Wildman–Crippen MR) is 51.2 cm³/mol. The Kier molecular flexibility index (Phi) is 2.00. The zero-order valence-electron chi connectivity index (χ0n) is 8.26. The summed E-state index contributed by atoms with van der Waals surface area (Å²) in [5.41, 5.74) is 3.75. The third-order valence-corrected chi connectivity index (χ3v) is 2.53. The van der Waals surface area contributed by atoms with Crippen LogP contribution in [0.4, 0.5) is 0 Å². The summed E-state index contributed by atoms with van der Waals surface area (Å²) in [6.45, 7) is 5.04. The van der Waals surface area contributed by atoms with Crippen molar-refractivity contribution in [1.29, 1.82) is 0 Å². The molecule has 2 nitrogen and oxygen atoms in total. The quantitative estimate of drug-likeness (QED) is 0.648. The van der Waals surface area contributed by atoms with E-state index in [9.17, 15) is 0 Å². The molecule has 1 aromatic rings. The Morgan fingerprint density at radius 3 is 2.46 bits per heavy atom. The maximum atomic E-state index is 5.30. The molecule has 1 unspecified atom stereocenters. The monoisotopic (exact) mass is 178 g/mol. The van der Waals surface area contributed by atoms with E-state index >= 15 is 0 Å². The van der Waals surface area contributed by atoms with Gasteiger partial charge in [0.05, 0.1) is 13.7 Å². The van der Waals surface area contributed by atoms with E-state index in [1.165, 1.54) is 16.7 Å². The van der Waals surface area contributed by atoms with Gasteiger partial charge in [0.15, 0.2) is 0 Å². The summed E-state index contributed by atoms with van der Waals surface area (Å²) in [6, 6.07) is 4.23. The van der Waals surface area contributed by atoms with Gasteiger partial charge in [-0.15, -0.1) is 0 Å². The molecule has 0 bridgehead atoms. The molecule has 1 aliphatic rings. The molecule has 0 spiro atoms. The van der Waals surface area contributed by atoms with Crippen LogP contribution in [0.2, 0.25) is 0 Å². The number of aryl methyl sites for hydroxylation is 2. The van der Waals surface area contributed by atoms with E-state index in [1.54, 1.807) is 7.11 Å². The van der Waals surface area contributed by atoms with Crippen molar-refractivity contribution in [2.75, 3.05) is 13.7 Å². The fourth-order valence-electron chi connectivity index (χ4n) is 1.47. The number of hydrogen-bond donors (Lipinski definition) is 0. The van der Waals surface area contributed by atoms with Crippen LogP contribution in [0, 0.1) is 13.8 Å². The van der Waals surface area contributed by atoms with Crippen LogP contribution in [0.15, 0.2) is 12.1 Å². The molecule has 1 heterocycles. The van der Waals surface area contributed by atoms with Gasteiger partial charge < -0.3 is 9.47 Å². The molecule has 0 aliphatic carbocycles. The Labute approximate surface area is 78.5 Å². The van der Waals surface area contributed by atoms with Gasteiger partial charge in [-0.25, -0.2) is 0 Å². The minimum Gasteiger partial charge on any atom is -0.496 e. The number of methoxy groups -OCH3 is 1. The van der Waals surface area contributed by atoms with Crippen LogP contribution in [0.3, 0.4) is 0 Å². The predicted octanol–water partition coefficient (Wildman–Crippen LogP) is 2.38. The van der Waals surface area contributed by atoms with Crippen molar-refractivity contribution in [1.82, 2.24) is 0 Å². The molecule has 70 valence electrons. The third-order valence-electron chi connectivity index (χ3n) is 2.53. The van der Waals surface area contributed by atoms with Crippen LogP contribution in [0.25, 0.3) is 0 Å². The van der Waals surface area contributed by atoms with Crippen LogP contribution < -0.4 is 4.74 Å². The van der Waals surface area contributed by atoms with Gasteiger partial charge in [0, 0.05) is 5.56 Å². The molecule has 0 aromatic heterocycles. The van der Waals surface area contributed by atoms with E-state index in [1.807, 2.05) is 0 Å². The topological polar surface area (TPSA) is 21.8 Å². The standard InChI is InChI=1S/C11H14O2/c1-7-4-9(11-6-13-11)10(12-3)5-8(7)2/h4-5,11H,6H2,1-3H3. The highest BCUT2D eigenvalue weighted by Gasteiger charge is 2.28. The van der Waals surface area contributed by atoms with Crippen LogP contribution in [0.5, 0.6) is 5.75 Å². The Hall–Kier alpha value is -1.02. The van der Waals surface area contributed by atoms with Gasteiger partial charge >= 0.3 is 0 Å². The van der Waals surface area contributed by atoms with Gasteiger partial charge in [-0.2, -0.15) is 0 Å². The largest absolute Gasteiger partial charge is 0.496 e. The highest BCUT2D eigenvalue weighted by molar-refractivity contribution is 5.44. The summed E-state index contributed by atoms with van der Waals surface area (Å²) in [5.74, 6) is 0.950. The zero-order valence-corrected chi connectivity index (χ0v) is 8.26. The molecule has 0 N–H and O–H groups in total. The maximum absolute atomic E-state index is 5.30. The second kappa shape index (κ2) is 3.04. The first-order valence-electron chi connectivity index (χ1n) is 4.49. The SMILES string of the molecule is COc1cc(C)c(C)cc1C1CO1. The summed E-state index contributed by atoms with van der Waals surface area (Å²) in [4.78, 5) is 0. The minimum absolute atomic E-state index is 0.272. The fraction of sp³-hybridized carbons (Fsp3) is 0.455. The molecule has 0 saturated carbocycles. The van der Waals surface area contributed by atoms with Crippen LogP contribution in [-0.2, 0) is 4.74 Å². The first-order valence-corrected chi connectivity index (χ1v) is 4.49. The Balaban J connectivity index is 2.46. The number of epoxide rings is 1. The van der Waals surface area contributed by atoms with Crippen molar-refractivity contribution in [3.05, 3.63) is 28.8 Å². The lowest BCUT2D eigenvalue weighted by molar-refractivity contribution is 0.383. The van der Waals surface area contributed by atoms with Gasteiger partial charge in [-0.05, 0) is 37.1 Å². The average Bonchev–Trinajstić information content (AvgIpc) is 2.92. The second-order valence-electron chi connectivity index (χ2n) is 3.50. The fourth-order valence-corrected chi connectivity index (χ4v) is 1.47. The first-order chi connectivity index (χ1) is 6.22. The molecule has 1 aromatic carbocycles. The number of benzene rings is 1. The lowest BCUT2D eigenvalue weighted by Gasteiger charge is -2.09. The molecule has 1 fully saturated rings. The molecule has 1 saturated heterocycles. The summed E-state index contributed by atoms with van der Waals surface area (Å²) >= 11 is 0. The first kappa shape index (κ1) is 8.57. The number of rotatable bonds is 2.